The lowest BCUT2D eigenvalue weighted by Gasteiger charge is -2.29. The second kappa shape index (κ2) is 18.5. The van der Waals surface area contributed by atoms with E-state index in [2.05, 4.69) is 217 Å². The van der Waals surface area contributed by atoms with Crippen LogP contribution in [-0.4, -0.2) is 25.7 Å². The summed E-state index contributed by atoms with van der Waals surface area (Å²) in [5, 5.41) is 5.35. The van der Waals surface area contributed by atoms with Gasteiger partial charge in [0.25, 0.3) is 0 Å². The fourth-order valence-corrected chi connectivity index (χ4v) is 8.77. The summed E-state index contributed by atoms with van der Waals surface area (Å²) in [5.74, 6) is 1.83. The number of hydrogen-bond acceptors (Lipinski definition) is 4. The number of hydrogen-bond donors (Lipinski definition) is 0. The largest absolute Gasteiger partial charge is 0.453 e. The van der Waals surface area contributed by atoms with E-state index in [1.807, 2.05) is 48.5 Å². The first kappa shape index (κ1) is 40.6. The molecule has 0 unspecified atom stereocenters. The number of rotatable bonds is 2. The Kier molecular flexibility index (Phi) is 11.9. The van der Waals surface area contributed by atoms with Gasteiger partial charge in [0.15, 0.2) is 11.5 Å². The third-order valence-electron chi connectivity index (χ3n) is 12.1. The summed E-state index contributed by atoms with van der Waals surface area (Å²) >= 11 is 0. The number of aryl methyl sites for hydroxylation is 3. The van der Waals surface area contributed by atoms with Crippen molar-refractivity contribution >= 4 is 66.7 Å². The molecule has 3 heterocycles. The average Bonchev–Trinajstić information content (AvgIpc) is 3.57. The third-order valence-corrected chi connectivity index (χ3v) is 12.1. The van der Waals surface area contributed by atoms with Crippen molar-refractivity contribution in [3.63, 3.8) is 0 Å². The minimum absolute atomic E-state index is 0.915. The van der Waals surface area contributed by atoms with Crippen LogP contribution in [0.2, 0.25) is 0 Å². The monoisotopic (exact) mass is 820 g/mol. The maximum Gasteiger partial charge on any atom is 0.151 e. The highest BCUT2D eigenvalue weighted by molar-refractivity contribution is 6.20. The zero-order chi connectivity index (χ0) is 43.1. The van der Waals surface area contributed by atoms with E-state index in [9.17, 15) is 0 Å². The highest BCUT2D eigenvalue weighted by Gasteiger charge is 2.20. The number of para-hydroxylation sites is 9. The van der Waals surface area contributed by atoms with Crippen molar-refractivity contribution in [2.45, 2.75) is 12.8 Å². The Labute approximate surface area is 371 Å². The molecule has 63 heavy (non-hydrogen) atoms. The van der Waals surface area contributed by atoms with Crippen molar-refractivity contribution in [2.24, 2.45) is 7.05 Å². The number of nitrogens with zero attached hydrogens (tertiary/aromatic N) is 4. The molecule has 0 bridgehead atoms. The van der Waals surface area contributed by atoms with Crippen LogP contribution in [0.1, 0.15) is 11.1 Å². The minimum Gasteiger partial charge on any atom is -0.453 e. The number of ether oxygens (including phenoxy) is 1. The van der Waals surface area contributed by atoms with Gasteiger partial charge in [-0.25, -0.2) is 0 Å². The van der Waals surface area contributed by atoms with E-state index in [-0.39, 0.29) is 0 Å². The highest BCUT2D eigenvalue weighted by Crippen LogP contribution is 2.45. The Balaban J connectivity index is 0.000000107. The number of benzene rings is 9. The van der Waals surface area contributed by atoms with E-state index < -0.39 is 0 Å². The molecule has 0 N–H and O–H groups in total. The Bertz CT molecular complexity index is 2990. The van der Waals surface area contributed by atoms with E-state index in [4.69, 9.17) is 4.74 Å². The molecule has 0 atom stereocenters. The fourth-order valence-electron chi connectivity index (χ4n) is 8.77. The van der Waals surface area contributed by atoms with Crippen molar-refractivity contribution in [1.82, 2.24) is 4.57 Å². The van der Waals surface area contributed by atoms with Crippen LogP contribution < -0.4 is 19.4 Å². The maximum absolute atomic E-state index is 5.81. The predicted octanol–water partition coefficient (Wildman–Crippen LogP) is 15.1. The van der Waals surface area contributed by atoms with Gasteiger partial charge in [0, 0.05) is 72.7 Å². The first-order valence-corrected chi connectivity index (χ1v) is 21.6. The second-order valence-electron chi connectivity index (χ2n) is 15.9. The molecule has 0 saturated carbocycles. The zero-order valence-corrected chi connectivity index (χ0v) is 36.4. The first-order valence-electron chi connectivity index (χ1n) is 21.6. The molecule has 2 aliphatic heterocycles. The summed E-state index contributed by atoms with van der Waals surface area (Å²) in [6.45, 7) is 0. The highest BCUT2D eigenvalue weighted by atomic mass is 16.5. The maximum atomic E-state index is 5.81. The fraction of sp³-hybridized carbons (Fsp3) is 0.103. The summed E-state index contributed by atoms with van der Waals surface area (Å²) < 4.78 is 8.08. The minimum atomic E-state index is 0.915. The Morgan fingerprint density at radius 1 is 0.381 bits per heavy atom. The first-order chi connectivity index (χ1) is 31.0. The van der Waals surface area contributed by atoms with Gasteiger partial charge in [-0.3, -0.25) is 0 Å². The van der Waals surface area contributed by atoms with Crippen LogP contribution in [-0.2, 0) is 19.9 Å². The lowest BCUT2D eigenvalue weighted by molar-refractivity contribution is 0.475. The van der Waals surface area contributed by atoms with Crippen LogP contribution >= 0.6 is 0 Å². The lowest BCUT2D eigenvalue weighted by atomic mass is 10.0. The SMILES string of the molecule is CN(c1ccccc1)c1ccccc1.CN1c2ccccc2CCc2ccccc21.CN1c2ccccc2Oc2ccccc21.Cn1c2ccccc2c2c3ccccc3ccc21. The molecular weight excluding hydrogens is 769 g/mol. The van der Waals surface area contributed by atoms with Crippen molar-refractivity contribution in [3.8, 4) is 11.5 Å². The molecule has 2 aliphatic rings. The van der Waals surface area contributed by atoms with Crippen LogP contribution in [0.15, 0.2) is 218 Å². The molecule has 0 radical (unpaired) electrons. The Morgan fingerprint density at radius 2 is 0.810 bits per heavy atom. The number of aromatic nitrogens is 1. The Hall–Kier alpha value is -7.76. The summed E-state index contributed by atoms with van der Waals surface area (Å²) in [4.78, 5) is 6.62. The van der Waals surface area contributed by atoms with Crippen LogP contribution in [0.3, 0.4) is 0 Å². The zero-order valence-electron chi connectivity index (χ0n) is 36.4. The molecule has 5 nitrogen and oxygen atoms in total. The van der Waals surface area contributed by atoms with Crippen LogP contribution in [0.4, 0.5) is 34.1 Å². The van der Waals surface area contributed by atoms with Crippen LogP contribution in [0.25, 0.3) is 32.6 Å². The van der Waals surface area contributed by atoms with Gasteiger partial charge in [-0.15, -0.1) is 0 Å². The molecule has 10 aromatic rings. The number of anilines is 6. The van der Waals surface area contributed by atoms with E-state index in [1.54, 1.807) is 0 Å². The van der Waals surface area contributed by atoms with Gasteiger partial charge in [-0.05, 0) is 108 Å². The quantitative estimate of drug-likeness (QED) is 0.173. The molecule has 12 rings (SSSR count). The Morgan fingerprint density at radius 3 is 1.38 bits per heavy atom. The summed E-state index contributed by atoms with van der Waals surface area (Å²) in [7, 11) is 8.42. The molecule has 0 spiro atoms. The van der Waals surface area contributed by atoms with E-state index in [0.29, 0.717) is 0 Å². The second-order valence-corrected chi connectivity index (χ2v) is 15.9. The summed E-state index contributed by atoms with van der Waals surface area (Å²) in [6, 6.07) is 75.8. The van der Waals surface area contributed by atoms with Crippen LogP contribution in [0.5, 0.6) is 11.5 Å². The van der Waals surface area contributed by atoms with Crippen molar-refractivity contribution in [1.29, 1.82) is 0 Å². The molecule has 310 valence electrons. The molecule has 0 saturated heterocycles. The predicted molar refractivity (Wildman–Crippen MR) is 268 cm³/mol. The molecular formula is C58H52N4O. The van der Waals surface area contributed by atoms with Gasteiger partial charge in [-0.1, -0.05) is 146 Å². The molecule has 5 heteroatoms. The summed E-state index contributed by atoms with van der Waals surface area (Å²) in [5.41, 5.74) is 12.8. The van der Waals surface area contributed by atoms with E-state index >= 15 is 0 Å². The molecule has 0 amide bonds. The van der Waals surface area contributed by atoms with E-state index in [1.165, 1.54) is 66.5 Å². The summed E-state index contributed by atoms with van der Waals surface area (Å²) in [6.07, 6.45) is 2.27. The van der Waals surface area contributed by atoms with Crippen molar-refractivity contribution in [2.75, 3.05) is 35.8 Å². The lowest BCUT2D eigenvalue weighted by Crippen LogP contribution is -2.15. The molecule has 0 fully saturated rings. The van der Waals surface area contributed by atoms with Gasteiger partial charge in [-0.2, -0.15) is 0 Å². The molecule has 1 aromatic heterocycles. The molecule has 9 aromatic carbocycles. The van der Waals surface area contributed by atoms with Crippen molar-refractivity contribution in [3.05, 3.63) is 230 Å². The molecule has 0 aliphatic carbocycles. The number of fused-ring (bicyclic) bond motifs is 9. The van der Waals surface area contributed by atoms with Gasteiger partial charge in [0.2, 0.25) is 0 Å². The van der Waals surface area contributed by atoms with Crippen molar-refractivity contribution < 1.29 is 4.74 Å². The van der Waals surface area contributed by atoms with Gasteiger partial charge < -0.3 is 24.0 Å². The third kappa shape index (κ3) is 8.46. The standard InChI is InChI=1S/C17H13N.C15H15N.C13H11NO.C13H13N/c1-18-15-9-5-4-8-14(15)17-13-7-3-2-6-12(13)10-11-16(17)18;1-16-14-8-4-2-6-12(14)10-11-13-7-3-5-9-15(13)16;1-14-10-6-2-4-8-12(10)15-13-9-5-3-7-11(13)14;1-14(12-8-4-2-5-9-12)13-10-6-3-7-11-13/h2-11H,1H3;2-9H,10-11H2,1H3;2-9H,1H3;2-11H,1H3. The average molecular weight is 821 g/mol. The topological polar surface area (TPSA) is 23.9 Å². The van der Waals surface area contributed by atoms with E-state index in [0.717, 1.165) is 35.7 Å². The van der Waals surface area contributed by atoms with Crippen LogP contribution in [0, 0.1) is 0 Å². The van der Waals surface area contributed by atoms with Gasteiger partial charge in [0.05, 0.1) is 11.4 Å². The normalized spacial score (nSPS) is 12.1. The van der Waals surface area contributed by atoms with Gasteiger partial charge >= 0.3 is 0 Å². The smallest absolute Gasteiger partial charge is 0.151 e. The van der Waals surface area contributed by atoms with Gasteiger partial charge in [0.1, 0.15) is 0 Å².